The predicted molar refractivity (Wildman–Crippen MR) is 85.9 cm³/mol. The molecule has 0 fully saturated rings. The van der Waals surface area contributed by atoms with E-state index >= 15 is 0 Å². The normalized spacial score (nSPS) is 12.8. The van der Waals surface area contributed by atoms with Gasteiger partial charge >= 0.3 is 0 Å². The average Bonchev–Trinajstić information content (AvgIpc) is 2.40. The number of nitrogens with one attached hydrogen (secondary N) is 2. The molecule has 2 aromatic rings. The highest BCUT2D eigenvalue weighted by molar-refractivity contribution is 5.97. The van der Waals surface area contributed by atoms with Crippen LogP contribution in [-0.2, 0) is 19.4 Å². The number of anilines is 1. The molecular formula is C16H18ClN3. The zero-order valence-electron chi connectivity index (χ0n) is 11.1. The Bertz CT molecular complexity index is 637. The van der Waals surface area contributed by atoms with Gasteiger partial charge in [-0.25, -0.2) is 0 Å². The lowest BCUT2D eigenvalue weighted by molar-refractivity contribution is 0.909. The first-order chi connectivity index (χ1) is 9.25. The van der Waals surface area contributed by atoms with E-state index in [1.165, 1.54) is 11.1 Å². The Morgan fingerprint density at radius 2 is 1.75 bits per heavy atom. The summed E-state index contributed by atoms with van der Waals surface area (Å²) in [5.41, 5.74) is 11.5. The number of fused-ring (bicyclic) bond motifs is 2. The number of nitrogen functional groups attached to an aromatic ring is 1. The van der Waals surface area contributed by atoms with E-state index in [1.54, 1.807) is 0 Å². The van der Waals surface area contributed by atoms with Gasteiger partial charge in [-0.3, -0.25) is 5.41 Å². The summed E-state index contributed by atoms with van der Waals surface area (Å²) >= 11 is 0. The van der Waals surface area contributed by atoms with Crippen molar-refractivity contribution in [3.8, 4) is 0 Å². The van der Waals surface area contributed by atoms with Crippen LogP contribution >= 0.6 is 12.4 Å². The molecule has 3 nitrogen and oxygen atoms in total. The maximum absolute atomic E-state index is 7.70. The van der Waals surface area contributed by atoms with Crippen LogP contribution in [0.3, 0.4) is 0 Å². The van der Waals surface area contributed by atoms with Gasteiger partial charge in [0.1, 0.15) is 5.84 Å². The minimum Gasteiger partial charge on any atom is -0.384 e. The lowest BCUT2D eigenvalue weighted by Gasteiger charge is -2.20. The van der Waals surface area contributed by atoms with Gasteiger partial charge in [-0.05, 0) is 35.6 Å². The van der Waals surface area contributed by atoms with Gasteiger partial charge in [0.05, 0.1) is 0 Å². The van der Waals surface area contributed by atoms with Gasteiger partial charge in [-0.1, -0.05) is 36.4 Å². The summed E-state index contributed by atoms with van der Waals surface area (Å²) in [5.74, 6) is 0.146. The number of hydrogen-bond donors (Lipinski definition) is 3. The van der Waals surface area contributed by atoms with Crippen LogP contribution < -0.4 is 11.1 Å². The Hall–Kier alpha value is -2.00. The van der Waals surface area contributed by atoms with Crippen molar-refractivity contribution in [1.29, 1.82) is 5.41 Å². The minimum atomic E-state index is 0. The molecule has 4 heteroatoms. The summed E-state index contributed by atoms with van der Waals surface area (Å²) in [6.45, 7) is 0.824. The van der Waals surface area contributed by atoms with Crippen LogP contribution in [-0.4, -0.2) is 5.84 Å². The zero-order chi connectivity index (χ0) is 13.2. The molecule has 0 spiro atoms. The molecule has 1 heterocycles. The molecular weight excluding hydrogens is 270 g/mol. The molecule has 0 atom stereocenters. The van der Waals surface area contributed by atoms with Crippen LogP contribution in [0, 0.1) is 5.41 Å². The summed E-state index contributed by atoms with van der Waals surface area (Å²) < 4.78 is 0. The van der Waals surface area contributed by atoms with E-state index in [0.717, 1.165) is 36.2 Å². The quantitative estimate of drug-likeness (QED) is 0.557. The highest BCUT2D eigenvalue weighted by Crippen LogP contribution is 2.26. The summed E-state index contributed by atoms with van der Waals surface area (Å²) in [6, 6.07) is 14.5. The Morgan fingerprint density at radius 3 is 2.50 bits per heavy atom. The van der Waals surface area contributed by atoms with Crippen molar-refractivity contribution >= 4 is 23.9 Å². The summed E-state index contributed by atoms with van der Waals surface area (Å²) in [6.07, 6.45) is 1.91. The topological polar surface area (TPSA) is 61.9 Å². The SMILES string of the molecule is Cl.N=C(N)c1cccc2c1CCc1ccccc1CN2. The second-order valence-corrected chi connectivity index (χ2v) is 4.87. The van der Waals surface area contributed by atoms with Crippen molar-refractivity contribution in [3.63, 3.8) is 0 Å². The van der Waals surface area contributed by atoms with Crippen LogP contribution in [0.1, 0.15) is 22.3 Å². The number of rotatable bonds is 1. The second kappa shape index (κ2) is 5.97. The summed E-state index contributed by atoms with van der Waals surface area (Å²) in [5, 5.41) is 11.2. The minimum absolute atomic E-state index is 0. The fraction of sp³-hybridized carbons (Fsp3) is 0.188. The molecule has 0 aromatic heterocycles. The molecule has 1 aliphatic rings. The lowest BCUT2D eigenvalue weighted by Crippen LogP contribution is -2.17. The second-order valence-electron chi connectivity index (χ2n) is 4.87. The standard InChI is InChI=1S/C16H17N3.ClH/c17-16(18)14-6-3-7-15-13(14)9-8-11-4-1-2-5-12(11)10-19-15;/h1-7,19H,8-10H2,(H3,17,18);1H. The number of amidine groups is 1. The van der Waals surface area contributed by atoms with Crippen LogP contribution in [0.2, 0.25) is 0 Å². The van der Waals surface area contributed by atoms with E-state index in [4.69, 9.17) is 11.1 Å². The number of hydrogen-bond acceptors (Lipinski definition) is 2. The third kappa shape index (κ3) is 2.63. The van der Waals surface area contributed by atoms with E-state index in [-0.39, 0.29) is 18.2 Å². The number of halogens is 1. The van der Waals surface area contributed by atoms with E-state index in [2.05, 4.69) is 35.6 Å². The largest absolute Gasteiger partial charge is 0.384 e. The van der Waals surface area contributed by atoms with E-state index in [0.29, 0.717) is 0 Å². The molecule has 0 saturated heterocycles. The Balaban J connectivity index is 0.00000147. The van der Waals surface area contributed by atoms with Crippen molar-refractivity contribution in [3.05, 3.63) is 64.7 Å². The van der Waals surface area contributed by atoms with Gasteiger partial charge in [0.2, 0.25) is 0 Å². The van der Waals surface area contributed by atoms with Crippen molar-refractivity contribution in [2.45, 2.75) is 19.4 Å². The van der Waals surface area contributed by atoms with Gasteiger partial charge in [-0.15, -0.1) is 12.4 Å². The molecule has 0 unspecified atom stereocenters. The Labute approximate surface area is 125 Å². The van der Waals surface area contributed by atoms with Gasteiger partial charge in [0.25, 0.3) is 0 Å². The van der Waals surface area contributed by atoms with E-state index in [9.17, 15) is 0 Å². The smallest absolute Gasteiger partial charge is 0.123 e. The maximum Gasteiger partial charge on any atom is 0.123 e. The first-order valence-electron chi connectivity index (χ1n) is 6.52. The van der Waals surface area contributed by atoms with Crippen LogP contribution in [0.25, 0.3) is 0 Å². The Morgan fingerprint density at radius 1 is 1.00 bits per heavy atom. The lowest BCUT2D eigenvalue weighted by atomic mass is 9.93. The molecule has 2 aromatic carbocycles. The molecule has 0 aliphatic carbocycles. The van der Waals surface area contributed by atoms with E-state index < -0.39 is 0 Å². The van der Waals surface area contributed by atoms with Crippen molar-refractivity contribution in [1.82, 2.24) is 0 Å². The predicted octanol–water partition coefficient (Wildman–Crippen LogP) is 3.10. The Kier molecular flexibility index (Phi) is 4.30. The monoisotopic (exact) mass is 287 g/mol. The molecule has 20 heavy (non-hydrogen) atoms. The molecule has 1 aliphatic heterocycles. The third-order valence-electron chi connectivity index (χ3n) is 3.70. The molecule has 4 N–H and O–H groups in total. The number of nitrogens with two attached hydrogens (primary N) is 1. The third-order valence-corrected chi connectivity index (χ3v) is 3.70. The first kappa shape index (κ1) is 14.4. The highest BCUT2D eigenvalue weighted by atomic mass is 35.5. The van der Waals surface area contributed by atoms with Gasteiger partial charge < -0.3 is 11.1 Å². The van der Waals surface area contributed by atoms with E-state index in [1.807, 2.05) is 12.1 Å². The molecule has 104 valence electrons. The fourth-order valence-corrected chi connectivity index (χ4v) is 2.70. The maximum atomic E-state index is 7.70. The molecule has 0 amide bonds. The molecule has 0 bridgehead atoms. The highest BCUT2D eigenvalue weighted by Gasteiger charge is 2.14. The van der Waals surface area contributed by atoms with Crippen LogP contribution in [0.5, 0.6) is 0 Å². The first-order valence-corrected chi connectivity index (χ1v) is 6.52. The van der Waals surface area contributed by atoms with Crippen LogP contribution in [0.15, 0.2) is 42.5 Å². The zero-order valence-corrected chi connectivity index (χ0v) is 12.0. The van der Waals surface area contributed by atoms with Gasteiger partial charge in [-0.2, -0.15) is 0 Å². The molecule has 0 radical (unpaired) electrons. The number of benzene rings is 2. The summed E-state index contributed by atoms with van der Waals surface area (Å²) in [7, 11) is 0. The summed E-state index contributed by atoms with van der Waals surface area (Å²) in [4.78, 5) is 0. The van der Waals surface area contributed by atoms with Crippen LogP contribution in [0.4, 0.5) is 5.69 Å². The average molecular weight is 288 g/mol. The fourth-order valence-electron chi connectivity index (χ4n) is 2.70. The van der Waals surface area contributed by atoms with Crippen molar-refractivity contribution < 1.29 is 0 Å². The van der Waals surface area contributed by atoms with Crippen molar-refractivity contribution in [2.24, 2.45) is 5.73 Å². The molecule has 0 saturated carbocycles. The molecule has 3 rings (SSSR count). The van der Waals surface area contributed by atoms with Gasteiger partial charge in [0.15, 0.2) is 0 Å². The van der Waals surface area contributed by atoms with Gasteiger partial charge in [0, 0.05) is 17.8 Å². The number of aryl methyl sites for hydroxylation is 1. The van der Waals surface area contributed by atoms with Crippen molar-refractivity contribution in [2.75, 3.05) is 5.32 Å².